The average Bonchev–Trinajstić information content (AvgIpc) is 2.65. The highest BCUT2D eigenvalue weighted by Crippen LogP contribution is 2.17. The number of nitrogens with one attached hydrogen (secondary N) is 1. The minimum Gasteiger partial charge on any atom is -0.326 e. The second-order valence-electron chi connectivity index (χ2n) is 4.15. The molecule has 2 rings (SSSR count). The van der Waals surface area contributed by atoms with E-state index in [4.69, 9.17) is 0 Å². The molecule has 1 N–H and O–H groups in total. The van der Waals surface area contributed by atoms with Gasteiger partial charge in [0.05, 0.1) is 12.2 Å². The highest BCUT2D eigenvalue weighted by Gasteiger charge is 2.09. The number of nitrogens with zero attached hydrogens (tertiary/aromatic N) is 2. The number of aryl methyl sites for hydroxylation is 1. The summed E-state index contributed by atoms with van der Waals surface area (Å²) in [5, 5.41) is 3.09. The molecule has 0 saturated carbocycles. The van der Waals surface area contributed by atoms with E-state index < -0.39 is 0 Å². The Balaban J connectivity index is 2.30. The first kappa shape index (κ1) is 13.2. The molecular formula is C13H15BrFN3. The highest BCUT2D eigenvalue weighted by molar-refractivity contribution is 9.10. The van der Waals surface area contributed by atoms with E-state index in [1.165, 1.54) is 6.07 Å². The molecule has 1 heterocycles. The lowest BCUT2D eigenvalue weighted by Gasteiger charge is -2.11. The van der Waals surface area contributed by atoms with Gasteiger partial charge in [-0.2, -0.15) is 0 Å². The summed E-state index contributed by atoms with van der Waals surface area (Å²) in [6, 6.07) is 5.13. The fraction of sp³-hybridized carbons (Fsp3) is 0.308. The number of benzene rings is 1. The SMILES string of the molecule is CNCc1cnc(C)n1Cc1ccc(Br)cc1F. The summed E-state index contributed by atoms with van der Waals surface area (Å²) in [4.78, 5) is 4.27. The second-order valence-corrected chi connectivity index (χ2v) is 5.06. The Morgan fingerprint density at radius 3 is 2.89 bits per heavy atom. The lowest BCUT2D eigenvalue weighted by atomic mass is 10.2. The third-order valence-electron chi connectivity index (χ3n) is 2.84. The zero-order valence-corrected chi connectivity index (χ0v) is 12.0. The molecule has 96 valence electrons. The molecule has 0 fully saturated rings. The fourth-order valence-corrected chi connectivity index (χ4v) is 2.21. The van der Waals surface area contributed by atoms with Gasteiger partial charge in [-0.3, -0.25) is 0 Å². The van der Waals surface area contributed by atoms with Crippen LogP contribution in [0.3, 0.4) is 0 Å². The number of hydrogen-bond donors (Lipinski definition) is 1. The Bertz CT molecular complexity index is 551. The normalized spacial score (nSPS) is 10.9. The van der Waals surface area contributed by atoms with Crippen LogP contribution in [0.1, 0.15) is 17.1 Å². The Kier molecular flexibility index (Phi) is 4.14. The van der Waals surface area contributed by atoms with Crippen LogP contribution in [0.4, 0.5) is 4.39 Å². The van der Waals surface area contributed by atoms with E-state index in [1.54, 1.807) is 6.07 Å². The van der Waals surface area contributed by atoms with Gasteiger partial charge in [0.15, 0.2) is 0 Å². The van der Waals surface area contributed by atoms with Gasteiger partial charge in [-0.05, 0) is 26.1 Å². The molecule has 0 spiro atoms. The van der Waals surface area contributed by atoms with Crippen molar-refractivity contribution in [2.75, 3.05) is 7.05 Å². The molecule has 0 aliphatic carbocycles. The molecule has 1 aromatic heterocycles. The van der Waals surface area contributed by atoms with Crippen LogP contribution < -0.4 is 5.32 Å². The number of hydrogen-bond acceptors (Lipinski definition) is 2. The third-order valence-corrected chi connectivity index (χ3v) is 3.33. The van der Waals surface area contributed by atoms with Crippen molar-refractivity contribution >= 4 is 15.9 Å². The van der Waals surface area contributed by atoms with Gasteiger partial charge in [-0.25, -0.2) is 9.37 Å². The smallest absolute Gasteiger partial charge is 0.129 e. The minimum absolute atomic E-state index is 0.201. The van der Waals surface area contributed by atoms with Crippen molar-refractivity contribution in [1.29, 1.82) is 0 Å². The number of imidazole rings is 1. The van der Waals surface area contributed by atoms with E-state index in [-0.39, 0.29) is 5.82 Å². The van der Waals surface area contributed by atoms with Crippen molar-refractivity contribution < 1.29 is 4.39 Å². The Hall–Kier alpha value is -1.20. The quantitative estimate of drug-likeness (QED) is 0.941. The largest absolute Gasteiger partial charge is 0.326 e. The first-order valence-electron chi connectivity index (χ1n) is 5.71. The minimum atomic E-state index is -0.201. The van der Waals surface area contributed by atoms with Crippen LogP contribution in [0.15, 0.2) is 28.9 Å². The van der Waals surface area contributed by atoms with Gasteiger partial charge in [0.2, 0.25) is 0 Å². The van der Waals surface area contributed by atoms with Crippen LogP contribution in [0.2, 0.25) is 0 Å². The van der Waals surface area contributed by atoms with E-state index in [0.717, 1.165) is 22.5 Å². The van der Waals surface area contributed by atoms with Gasteiger partial charge >= 0.3 is 0 Å². The topological polar surface area (TPSA) is 29.9 Å². The molecule has 0 bridgehead atoms. The van der Waals surface area contributed by atoms with E-state index in [2.05, 4.69) is 26.2 Å². The Labute approximate surface area is 114 Å². The molecule has 0 aliphatic heterocycles. The van der Waals surface area contributed by atoms with Crippen molar-refractivity contribution in [3.8, 4) is 0 Å². The van der Waals surface area contributed by atoms with Crippen LogP contribution in [0, 0.1) is 12.7 Å². The summed E-state index contributed by atoms with van der Waals surface area (Å²) in [5.41, 5.74) is 1.72. The molecule has 3 nitrogen and oxygen atoms in total. The summed E-state index contributed by atoms with van der Waals surface area (Å²) in [6.45, 7) is 3.15. The van der Waals surface area contributed by atoms with E-state index >= 15 is 0 Å². The van der Waals surface area contributed by atoms with Crippen LogP contribution in [0.5, 0.6) is 0 Å². The molecule has 18 heavy (non-hydrogen) atoms. The first-order chi connectivity index (χ1) is 8.61. The number of rotatable bonds is 4. The van der Waals surface area contributed by atoms with Crippen molar-refractivity contribution in [3.05, 3.63) is 51.8 Å². The highest BCUT2D eigenvalue weighted by atomic mass is 79.9. The fourth-order valence-electron chi connectivity index (χ4n) is 1.87. The van der Waals surface area contributed by atoms with E-state index in [1.807, 2.05) is 30.8 Å². The zero-order chi connectivity index (χ0) is 13.1. The summed E-state index contributed by atoms with van der Waals surface area (Å²) in [7, 11) is 1.88. The van der Waals surface area contributed by atoms with E-state index in [0.29, 0.717) is 12.1 Å². The maximum atomic E-state index is 13.8. The van der Waals surface area contributed by atoms with Gasteiger partial charge in [0, 0.05) is 22.8 Å². The number of aromatic nitrogens is 2. The molecule has 0 amide bonds. The summed E-state index contributed by atoms with van der Waals surface area (Å²) < 4.78 is 16.6. The van der Waals surface area contributed by atoms with Gasteiger partial charge in [-0.1, -0.05) is 22.0 Å². The van der Waals surface area contributed by atoms with Gasteiger partial charge in [0.1, 0.15) is 11.6 Å². The van der Waals surface area contributed by atoms with Crippen LogP contribution >= 0.6 is 15.9 Å². The lowest BCUT2D eigenvalue weighted by Crippen LogP contribution is -2.13. The molecule has 5 heteroatoms. The van der Waals surface area contributed by atoms with Crippen LogP contribution in [0.25, 0.3) is 0 Å². The van der Waals surface area contributed by atoms with Crippen molar-refractivity contribution in [2.45, 2.75) is 20.0 Å². The predicted octanol–water partition coefficient (Wildman–Crippen LogP) is 2.86. The molecule has 0 radical (unpaired) electrons. The molecule has 0 aliphatic rings. The maximum absolute atomic E-state index is 13.8. The summed E-state index contributed by atoms with van der Waals surface area (Å²) in [5.74, 6) is 0.690. The zero-order valence-electron chi connectivity index (χ0n) is 10.4. The molecular weight excluding hydrogens is 297 g/mol. The first-order valence-corrected chi connectivity index (χ1v) is 6.50. The van der Waals surface area contributed by atoms with Gasteiger partial charge in [0.25, 0.3) is 0 Å². The Morgan fingerprint density at radius 2 is 2.22 bits per heavy atom. The second kappa shape index (κ2) is 5.63. The standard InChI is InChI=1S/C13H15BrFN3/c1-9-17-7-12(6-16-2)18(9)8-10-3-4-11(14)5-13(10)15/h3-5,7,16H,6,8H2,1-2H3. The molecule has 2 aromatic rings. The monoisotopic (exact) mass is 311 g/mol. The van der Waals surface area contributed by atoms with Crippen molar-refractivity contribution in [3.63, 3.8) is 0 Å². The molecule has 1 aromatic carbocycles. The number of halogens is 2. The van der Waals surface area contributed by atoms with Gasteiger partial charge in [-0.15, -0.1) is 0 Å². The molecule has 0 unspecified atom stereocenters. The average molecular weight is 312 g/mol. The van der Waals surface area contributed by atoms with E-state index in [9.17, 15) is 4.39 Å². The molecule has 0 atom stereocenters. The molecule has 0 saturated heterocycles. The Morgan fingerprint density at radius 1 is 1.44 bits per heavy atom. The van der Waals surface area contributed by atoms with Crippen molar-refractivity contribution in [1.82, 2.24) is 14.9 Å². The predicted molar refractivity (Wildman–Crippen MR) is 72.9 cm³/mol. The summed E-state index contributed by atoms with van der Waals surface area (Å²) in [6.07, 6.45) is 1.82. The summed E-state index contributed by atoms with van der Waals surface area (Å²) >= 11 is 3.26. The van der Waals surface area contributed by atoms with Crippen LogP contribution in [-0.4, -0.2) is 16.6 Å². The van der Waals surface area contributed by atoms with Crippen molar-refractivity contribution in [2.24, 2.45) is 0 Å². The third kappa shape index (κ3) is 2.79. The lowest BCUT2D eigenvalue weighted by molar-refractivity contribution is 0.588. The van der Waals surface area contributed by atoms with Gasteiger partial charge < -0.3 is 9.88 Å². The maximum Gasteiger partial charge on any atom is 0.129 e. The van der Waals surface area contributed by atoms with Crippen LogP contribution in [-0.2, 0) is 13.1 Å².